The van der Waals surface area contributed by atoms with Gasteiger partial charge in [0.2, 0.25) is 0 Å². The smallest absolute Gasteiger partial charge is 0.258 e. The van der Waals surface area contributed by atoms with Crippen LogP contribution >= 0.6 is 0 Å². The summed E-state index contributed by atoms with van der Waals surface area (Å²) in [6.45, 7) is 7.14. The highest BCUT2D eigenvalue weighted by Gasteiger charge is 2.29. The molecule has 0 amide bonds. The standard InChI is InChI=1S/C23H25N3O2/c1-14(2)12-26(18-7-4-16(13-27)5-8-18)22-9-6-17-10-21-20(11-19(17)22)23(28)25-15(3)24-21/h4-5,7-8,10-11,13-14,22H,6,9,12H2,1-3H3,(H,24,25,28). The molecule has 3 aromatic rings. The fourth-order valence-corrected chi connectivity index (χ4v) is 4.21. The number of benzene rings is 2. The van der Waals surface area contributed by atoms with E-state index in [1.807, 2.05) is 37.3 Å². The minimum Gasteiger partial charge on any atom is -0.364 e. The molecule has 0 bridgehead atoms. The number of aldehydes is 1. The average Bonchev–Trinajstić information content (AvgIpc) is 3.07. The summed E-state index contributed by atoms with van der Waals surface area (Å²) in [6, 6.07) is 12.1. The number of hydrogen-bond acceptors (Lipinski definition) is 4. The number of aromatic nitrogens is 2. The average molecular weight is 375 g/mol. The second-order valence-electron chi connectivity index (χ2n) is 8.03. The van der Waals surface area contributed by atoms with E-state index in [9.17, 15) is 9.59 Å². The second-order valence-corrected chi connectivity index (χ2v) is 8.03. The first-order valence-corrected chi connectivity index (χ1v) is 9.81. The molecule has 1 N–H and O–H groups in total. The van der Waals surface area contributed by atoms with Crippen molar-refractivity contribution in [2.75, 3.05) is 11.4 Å². The highest BCUT2D eigenvalue weighted by Crippen LogP contribution is 2.40. The van der Waals surface area contributed by atoms with E-state index in [-0.39, 0.29) is 11.6 Å². The topological polar surface area (TPSA) is 66.1 Å². The Kier molecular flexibility index (Phi) is 4.75. The van der Waals surface area contributed by atoms with Crippen molar-refractivity contribution in [1.29, 1.82) is 0 Å². The third-order valence-electron chi connectivity index (χ3n) is 5.43. The molecule has 0 saturated heterocycles. The lowest BCUT2D eigenvalue weighted by Gasteiger charge is -2.33. The van der Waals surface area contributed by atoms with Gasteiger partial charge >= 0.3 is 0 Å². The van der Waals surface area contributed by atoms with Crippen molar-refractivity contribution in [3.8, 4) is 0 Å². The number of hydrogen-bond donors (Lipinski definition) is 1. The van der Waals surface area contributed by atoms with Gasteiger partial charge in [0.1, 0.15) is 12.1 Å². The van der Waals surface area contributed by atoms with Crippen LogP contribution in [0.5, 0.6) is 0 Å². The van der Waals surface area contributed by atoms with Crippen molar-refractivity contribution in [2.24, 2.45) is 5.92 Å². The highest BCUT2D eigenvalue weighted by molar-refractivity contribution is 5.80. The second kappa shape index (κ2) is 7.23. The molecular formula is C23H25N3O2. The van der Waals surface area contributed by atoms with Crippen LogP contribution < -0.4 is 10.5 Å². The summed E-state index contributed by atoms with van der Waals surface area (Å²) in [5.41, 5.74) is 4.96. The minimum absolute atomic E-state index is 0.0818. The number of anilines is 1. The van der Waals surface area contributed by atoms with E-state index in [1.54, 1.807) is 0 Å². The van der Waals surface area contributed by atoms with Gasteiger partial charge in [-0.3, -0.25) is 9.59 Å². The molecule has 2 aromatic carbocycles. The predicted octanol–water partition coefficient (Wildman–Crippen LogP) is 4.19. The van der Waals surface area contributed by atoms with Crippen LogP contribution in [0, 0.1) is 12.8 Å². The number of nitrogens with zero attached hydrogens (tertiary/aromatic N) is 2. The first-order chi connectivity index (χ1) is 13.5. The molecular weight excluding hydrogens is 350 g/mol. The lowest BCUT2D eigenvalue weighted by atomic mass is 10.0. The van der Waals surface area contributed by atoms with Gasteiger partial charge in [0, 0.05) is 17.8 Å². The van der Waals surface area contributed by atoms with E-state index >= 15 is 0 Å². The summed E-state index contributed by atoms with van der Waals surface area (Å²) < 4.78 is 0. The van der Waals surface area contributed by atoms with Crippen LogP contribution in [0.1, 0.15) is 53.6 Å². The number of H-pyrrole nitrogens is 1. The van der Waals surface area contributed by atoms with Crippen molar-refractivity contribution >= 4 is 22.9 Å². The molecule has 1 aliphatic rings. The molecule has 0 spiro atoms. The van der Waals surface area contributed by atoms with Gasteiger partial charge in [0.15, 0.2) is 0 Å². The fraction of sp³-hybridized carbons (Fsp3) is 0.348. The lowest BCUT2D eigenvalue weighted by molar-refractivity contribution is 0.112. The maximum Gasteiger partial charge on any atom is 0.258 e. The van der Waals surface area contributed by atoms with Gasteiger partial charge in [-0.1, -0.05) is 13.8 Å². The van der Waals surface area contributed by atoms with Gasteiger partial charge in [0.05, 0.1) is 16.9 Å². The molecule has 0 aliphatic heterocycles. The lowest BCUT2D eigenvalue weighted by Crippen LogP contribution is -2.31. The molecule has 5 nitrogen and oxygen atoms in total. The Balaban J connectivity index is 1.80. The van der Waals surface area contributed by atoms with Crippen LogP contribution in [0.3, 0.4) is 0 Å². The largest absolute Gasteiger partial charge is 0.364 e. The Labute approximate surface area is 164 Å². The van der Waals surface area contributed by atoms with Crippen LogP contribution in [0.4, 0.5) is 5.69 Å². The SMILES string of the molecule is Cc1nc2cc3c(cc2c(=O)[nH]1)C(N(CC(C)C)c1ccc(C=O)cc1)CC3. The normalized spacial score (nSPS) is 15.8. The van der Waals surface area contributed by atoms with Gasteiger partial charge in [-0.25, -0.2) is 4.98 Å². The number of fused-ring (bicyclic) bond motifs is 2. The van der Waals surface area contributed by atoms with E-state index < -0.39 is 0 Å². The third kappa shape index (κ3) is 3.33. The molecule has 0 radical (unpaired) electrons. The van der Waals surface area contributed by atoms with Crippen molar-refractivity contribution in [2.45, 2.75) is 39.7 Å². The molecule has 1 aliphatic carbocycles. The van der Waals surface area contributed by atoms with E-state index in [0.29, 0.717) is 22.7 Å². The van der Waals surface area contributed by atoms with Gasteiger partial charge in [-0.05, 0) is 73.2 Å². The summed E-state index contributed by atoms with van der Waals surface area (Å²) in [5.74, 6) is 1.13. The van der Waals surface area contributed by atoms with Gasteiger partial charge < -0.3 is 9.88 Å². The zero-order chi connectivity index (χ0) is 19.8. The summed E-state index contributed by atoms with van der Waals surface area (Å²) >= 11 is 0. The van der Waals surface area contributed by atoms with Gasteiger partial charge in [-0.2, -0.15) is 0 Å². The Morgan fingerprint density at radius 1 is 1.25 bits per heavy atom. The first kappa shape index (κ1) is 18.4. The molecule has 1 heterocycles. The van der Waals surface area contributed by atoms with Crippen molar-refractivity contribution in [1.82, 2.24) is 9.97 Å². The molecule has 1 aromatic heterocycles. The van der Waals surface area contributed by atoms with Crippen LogP contribution in [0.15, 0.2) is 41.2 Å². The van der Waals surface area contributed by atoms with E-state index in [0.717, 1.165) is 36.9 Å². The van der Waals surface area contributed by atoms with Crippen molar-refractivity contribution in [3.05, 3.63) is 69.3 Å². The van der Waals surface area contributed by atoms with Crippen LogP contribution in [-0.4, -0.2) is 22.8 Å². The van der Waals surface area contributed by atoms with Gasteiger partial charge in [-0.15, -0.1) is 0 Å². The third-order valence-corrected chi connectivity index (χ3v) is 5.43. The summed E-state index contributed by atoms with van der Waals surface area (Å²) in [4.78, 5) is 33.2. The van der Waals surface area contributed by atoms with Crippen molar-refractivity contribution < 1.29 is 4.79 Å². The Morgan fingerprint density at radius 3 is 2.68 bits per heavy atom. The van der Waals surface area contributed by atoms with E-state index in [4.69, 9.17) is 0 Å². The number of carbonyl (C=O) groups is 1. The molecule has 1 atom stereocenters. The molecule has 4 rings (SSSR count). The summed E-state index contributed by atoms with van der Waals surface area (Å²) in [7, 11) is 0. The Hall–Kier alpha value is -2.95. The molecule has 0 fully saturated rings. The molecule has 28 heavy (non-hydrogen) atoms. The molecule has 0 saturated carbocycles. The molecule has 1 unspecified atom stereocenters. The molecule has 144 valence electrons. The van der Waals surface area contributed by atoms with Crippen LogP contribution in [0.2, 0.25) is 0 Å². The summed E-state index contributed by atoms with van der Waals surface area (Å²) in [5, 5.41) is 0.650. The maximum atomic E-state index is 12.5. The monoisotopic (exact) mass is 375 g/mol. The number of aromatic amines is 1. The highest BCUT2D eigenvalue weighted by atomic mass is 16.1. The minimum atomic E-state index is -0.0818. The Bertz CT molecular complexity index is 1080. The van der Waals surface area contributed by atoms with Crippen molar-refractivity contribution in [3.63, 3.8) is 0 Å². The number of rotatable bonds is 5. The van der Waals surface area contributed by atoms with E-state index in [2.05, 4.69) is 34.8 Å². The Morgan fingerprint density at radius 2 is 2.00 bits per heavy atom. The maximum absolute atomic E-state index is 12.5. The zero-order valence-corrected chi connectivity index (χ0v) is 16.5. The number of carbonyl (C=O) groups excluding carboxylic acids is 1. The van der Waals surface area contributed by atoms with Crippen LogP contribution in [-0.2, 0) is 6.42 Å². The molecule has 5 heteroatoms. The van der Waals surface area contributed by atoms with Crippen LogP contribution in [0.25, 0.3) is 10.9 Å². The zero-order valence-electron chi connectivity index (χ0n) is 16.5. The predicted molar refractivity (Wildman–Crippen MR) is 112 cm³/mol. The number of nitrogens with one attached hydrogen (secondary N) is 1. The quantitative estimate of drug-likeness (QED) is 0.679. The number of aryl methyl sites for hydroxylation is 2. The summed E-state index contributed by atoms with van der Waals surface area (Å²) in [6.07, 6.45) is 2.85. The van der Waals surface area contributed by atoms with Gasteiger partial charge in [0.25, 0.3) is 5.56 Å². The first-order valence-electron chi connectivity index (χ1n) is 9.81. The fourth-order valence-electron chi connectivity index (χ4n) is 4.21. The van der Waals surface area contributed by atoms with E-state index in [1.165, 1.54) is 11.1 Å².